The summed E-state index contributed by atoms with van der Waals surface area (Å²) >= 11 is 5.91. The lowest BCUT2D eigenvalue weighted by atomic mass is 10.1. The van der Waals surface area contributed by atoms with Crippen LogP contribution < -0.4 is 4.74 Å². The van der Waals surface area contributed by atoms with E-state index >= 15 is 0 Å². The zero-order valence-electron chi connectivity index (χ0n) is 14.8. The Morgan fingerprint density at radius 3 is 2.76 bits per heavy atom. The number of carbonyl (C=O) groups excluding carboxylic acids is 1. The van der Waals surface area contributed by atoms with Crippen molar-refractivity contribution in [3.63, 3.8) is 0 Å². The van der Waals surface area contributed by atoms with Gasteiger partial charge in [0.15, 0.2) is 0 Å². The molecule has 0 N–H and O–H groups in total. The molecule has 1 atom stereocenters. The summed E-state index contributed by atoms with van der Waals surface area (Å²) in [5.41, 5.74) is 3.49. The number of aryl methyl sites for hydroxylation is 2. The smallest absolute Gasteiger partial charge is 0.223 e. The van der Waals surface area contributed by atoms with Gasteiger partial charge in [-0.2, -0.15) is 0 Å². The molecule has 0 aliphatic carbocycles. The van der Waals surface area contributed by atoms with Gasteiger partial charge in [0.2, 0.25) is 5.91 Å². The van der Waals surface area contributed by atoms with E-state index in [0.717, 1.165) is 29.2 Å². The summed E-state index contributed by atoms with van der Waals surface area (Å²) in [6.45, 7) is 5.34. The molecule has 0 radical (unpaired) electrons. The first-order valence-corrected chi connectivity index (χ1v) is 9.17. The molecule has 1 heterocycles. The van der Waals surface area contributed by atoms with Crippen LogP contribution in [0.5, 0.6) is 5.75 Å². The van der Waals surface area contributed by atoms with Crippen LogP contribution in [0.2, 0.25) is 5.02 Å². The molecule has 0 spiro atoms. The second-order valence-corrected chi connectivity index (χ2v) is 7.23. The predicted octanol–water partition coefficient (Wildman–Crippen LogP) is 4.78. The summed E-state index contributed by atoms with van der Waals surface area (Å²) in [6.07, 6.45) is 2.28. The summed E-state index contributed by atoms with van der Waals surface area (Å²) in [4.78, 5) is 14.6. The molecule has 2 aromatic rings. The molecule has 3 nitrogen and oxygen atoms in total. The molecule has 0 fully saturated rings. The van der Waals surface area contributed by atoms with Crippen molar-refractivity contribution in [3.05, 3.63) is 64.2 Å². The topological polar surface area (TPSA) is 29.5 Å². The van der Waals surface area contributed by atoms with E-state index < -0.39 is 0 Å². The van der Waals surface area contributed by atoms with Gasteiger partial charge >= 0.3 is 0 Å². The van der Waals surface area contributed by atoms with E-state index in [2.05, 4.69) is 19.1 Å². The Hall–Kier alpha value is -2.00. The number of nitrogens with zero attached hydrogens (tertiary/aromatic N) is 1. The monoisotopic (exact) mass is 357 g/mol. The minimum atomic E-state index is 0.00386. The highest BCUT2D eigenvalue weighted by Crippen LogP contribution is 2.26. The zero-order chi connectivity index (χ0) is 17.8. The first-order valence-electron chi connectivity index (χ1n) is 8.79. The second kappa shape index (κ2) is 7.92. The zero-order valence-corrected chi connectivity index (χ0v) is 15.6. The van der Waals surface area contributed by atoms with Crippen LogP contribution in [0.25, 0.3) is 0 Å². The molecular formula is C21H24ClNO2. The standard InChI is InChI=1S/C21H24ClNO2/c1-15-6-11-20-18(12-15)14-23(13-16(2)25-20)21(24)5-3-4-17-7-9-19(22)10-8-17/h6-12,16H,3-5,13-14H2,1-2H3/t16-/m1/s1. The van der Waals surface area contributed by atoms with Gasteiger partial charge in [0.1, 0.15) is 11.9 Å². The molecule has 1 aliphatic rings. The lowest BCUT2D eigenvalue weighted by Crippen LogP contribution is -2.35. The number of benzene rings is 2. The van der Waals surface area contributed by atoms with Gasteiger partial charge in [-0.15, -0.1) is 0 Å². The fraction of sp³-hybridized carbons (Fsp3) is 0.381. The van der Waals surface area contributed by atoms with Gasteiger partial charge in [0.25, 0.3) is 0 Å². The summed E-state index contributed by atoms with van der Waals surface area (Å²) in [5.74, 6) is 1.09. The van der Waals surface area contributed by atoms with Gasteiger partial charge in [0.05, 0.1) is 6.54 Å². The Morgan fingerprint density at radius 2 is 2.00 bits per heavy atom. The van der Waals surface area contributed by atoms with Crippen LogP contribution >= 0.6 is 11.6 Å². The van der Waals surface area contributed by atoms with Gasteiger partial charge < -0.3 is 9.64 Å². The first-order chi connectivity index (χ1) is 12.0. The van der Waals surface area contributed by atoms with Crippen molar-refractivity contribution >= 4 is 17.5 Å². The highest BCUT2D eigenvalue weighted by atomic mass is 35.5. The number of halogens is 1. The molecule has 2 aromatic carbocycles. The second-order valence-electron chi connectivity index (χ2n) is 6.79. The molecule has 132 valence electrons. The normalized spacial score (nSPS) is 16.8. The van der Waals surface area contributed by atoms with E-state index in [1.807, 2.05) is 42.2 Å². The van der Waals surface area contributed by atoms with Crippen molar-refractivity contribution < 1.29 is 9.53 Å². The molecular weight excluding hydrogens is 334 g/mol. The molecule has 3 rings (SSSR count). The van der Waals surface area contributed by atoms with Crippen molar-refractivity contribution in [2.75, 3.05) is 6.54 Å². The maximum absolute atomic E-state index is 12.7. The molecule has 0 aromatic heterocycles. The van der Waals surface area contributed by atoms with E-state index in [9.17, 15) is 4.79 Å². The fourth-order valence-electron chi connectivity index (χ4n) is 3.22. The number of hydrogen-bond acceptors (Lipinski definition) is 2. The Morgan fingerprint density at radius 1 is 1.24 bits per heavy atom. The van der Waals surface area contributed by atoms with Gasteiger partial charge in [-0.05, 0) is 50.5 Å². The van der Waals surface area contributed by atoms with Crippen LogP contribution in [0, 0.1) is 6.92 Å². The van der Waals surface area contributed by atoms with Crippen LogP contribution in [-0.4, -0.2) is 23.5 Å². The minimum Gasteiger partial charge on any atom is -0.489 e. The number of rotatable bonds is 4. The Labute approximate surface area is 154 Å². The van der Waals surface area contributed by atoms with E-state index in [4.69, 9.17) is 16.3 Å². The van der Waals surface area contributed by atoms with E-state index in [1.165, 1.54) is 11.1 Å². The summed E-state index contributed by atoms with van der Waals surface area (Å²) in [6, 6.07) is 14.0. The number of fused-ring (bicyclic) bond motifs is 1. The maximum atomic E-state index is 12.7. The van der Waals surface area contributed by atoms with E-state index in [1.54, 1.807) is 0 Å². The van der Waals surface area contributed by atoms with Crippen molar-refractivity contribution in [2.45, 2.75) is 45.8 Å². The molecule has 0 saturated carbocycles. The Bertz CT molecular complexity index is 742. The minimum absolute atomic E-state index is 0.00386. The van der Waals surface area contributed by atoms with Crippen molar-refractivity contribution in [2.24, 2.45) is 0 Å². The van der Waals surface area contributed by atoms with Crippen LogP contribution in [0.15, 0.2) is 42.5 Å². The molecule has 25 heavy (non-hydrogen) atoms. The average molecular weight is 358 g/mol. The highest BCUT2D eigenvalue weighted by molar-refractivity contribution is 6.30. The van der Waals surface area contributed by atoms with Crippen LogP contribution in [0.4, 0.5) is 0 Å². The summed E-state index contributed by atoms with van der Waals surface area (Å²) in [5, 5.41) is 0.743. The van der Waals surface area contributed by atoms with E-state index in [0.29, 0.717) is 19.5 Å². The van der Waals surface area contributed by atoms with E-state index in [-0.39, 0.29) is 12.0 Å². The predicted molar refractivity (Wildman–Crippen MR) is 101 cm³/mol. The van der Waals surface area contributed by atoms with Gasteiger partial charge in [0, 0.05) is 23.6 Å². The lowest BCUT2D eigenvalue weighted by Gasteiger charge is -2.22. The summed E-state index contributed by atoms with van der Waals surface area (Å²) < 4.78 is 5.97. The third-order valence-electron chi connectivity index (χ3n) is 4.50. The third kappa shape index (κ3) is 4.76. The quantitative estimate of drug-likeness (QED) is 0.788. The lowest BCUT2D eigenvalue weighted by molar-refractivity contribution is -0.132. The molecule has 1 amide bonds. The van der Waals surface area contributed by atoms with Crippen molar-refractivity contribution in [1.29, 1.82) is 0 Å². The number of hydrogen-bond donors (Lipinski definition) is 0. The van der Waals surface area contributed by atoms with Crippen molar-refractivity contribution in [3.8, 4) is 5.75 Å². The van der Waals surface area contributed by atoms with Gasteiger partial charge in [-0.1, -0.05) is 41.4 Å². The molecule has 0 bridgehead atoms. The fourth-order valence-corrected chi connectivity index (χ4v) is 3.35. The number of carbonyl (C=O) groups is 1. The average Bonchev–Trinajstić information content (AvgIpc) is 2.74. The largest absolute Gasteiger partial charge is 0.489 e. The molecule has 0 saturated heterocycles. The molecule has 4 heteroatoms. The van der Waals surface area contributed by atoms with Crippen molar-refractivity contribution in [1.82, 2.24) is 4.90 Å². The third-order valence-corrected chi connectivity index (χ3v) is 4.76. The van der Waals surface area contributed by atoms with Crippen LogP contribution in [-0.2, 0) is 17.8 Å². The molecule has 0 unspecified atom stereocenters. The molecule has 1 aliphatic heterocycles. The number of ether oxygens (including phenoxy) is 1. The Kier molecular flexibility index (Phi) is 5.64. The first kappa shape index (κ1) is 17.8. The SMILES string of the molecule is Cc1ccc2c(c1)CN(C(=O)CCCc1ccc(Cl)cc1)C[C@@H](C)O2. The maximum Gasteiger partial charge on any atom is 0.223 e. The Balaban J connectivity index is 1.60. The number of amides is 1. The van der Waals surface area contributed by atoms with Crippen LogP contribution in [0.3, 0.4) is 0 Å². The van der Waals surface area contributed by atoms with Gasteiger partial charge in [-0.3, -0.25) is 4.79 Å². The van der Waals surface area contributed by atoms with Crippen LogP contribution in [0.1, 0.15) is 36.5 Å². The highest BCUT2D eigenvalue weighted by Gasteiger charge is 2.23. The van der Waals surface area contributed by atoms with Gasteiger partial charge in [-0.25, -0.2) is 0 Å². The summed E-state index contributed by atoms with van der Waals surface area (Å²) in [7, 11) is 0.